The van der Waals surface area contributed by atoms with E-state index in [2.05, 4.69) is 29.2 Å². The molecule has 1 aliphatic heterocycles. The third kappa shape index (κ3) is 2.35. The monoisotopic (exact) mass is 193 g/mol. The summed E-state index contributed by atoms with van der Waals surface area (Å²) >= 11 is 0. The Morgan fingerprint density at radius 2 is 2.07 bits per heavy atom. The first-order chi connectivity index (χ1) is 6.88. The van der Waals surface area contributed by atoms with Gasteiger partial charge in [-0.15, -0.1) is 0 Å². The van der Waals surface area contributed by atoms with E-state index in [0.717, 1.165) is 13.1 Å². The third-order valence-electron chi connectivity index (χ3n) is 2.85. The molecular weight excluding hydrogens is 174 g/mol. The van der Waals surface area contributed by atoms with Gasteiger partial charge in [0.1, 0.15) is 0 Å². The topological polar surface area (TPSA) is 21.1 Å². The summed E-state index contributed by atoms with van der Waals surface area (Å²) in [5, 5.41) is 4.50. The molecule has 0 aliphatic carbocycles. The third-order valence-corrected chi connectivity index (χ3v) is 2.85. The van der Waals surface area contributed by atoms with E-state index in [0.29, 0.717) is 0 Å². The van der Waals surface area contributed by atoms with E-state index in [9.17, 15) is 0 Å². The average Bonchev–Trinajstić information content (AvgIpc) is 2.67. The van der Waals surface area contributed by atoms with Gasteiger partial charge in [-0.3, -0.25) is 9.58 Å². The second kappa shape index (κ2) is 4.60. The van der Waals surface area contributed by atoms with Crippen LogP contribution in [0.4, 0.5) is 0 Å². The molecule has 1 aliphatic rings. The van der Waals surface area contributed by atoms with Crippen LogP contribution < -0.4 is 0 Å². The maximum Gasteiger partial charge on any atom is 0.0764 e. The van der Waals surface area contributed by atoms with Crippen molar-refractivity contribution < 1.29 is 0 Å². The van der Waals surface area contributed by atoms with Crippen LogP contribution >= 0.6 is 0 Å². The van der Waals surface area contributed by atoms with Crippen LogP contribution in [0, 0.1) is 0 Å². The molecule has 0 unspecified atom stereocenters. The summed E-state index contributed by atoms with van der Waals surface area (Å²) in [5.74, 6) is 0. The highest BCUT2D eigenvalue weighted by atomic mass is 15.3. The zero-order valence-electron chi connectivity index (χ0n) is 8.95. The normalized spacial score (nSPS) is 18.6. The minimum absolute atomic E-state index is 0.972. The van der Waals surface area contributed by atoms with Gasteiger partial charge in [0.25, 0.3) is 0 Å². The summed E-state index contributed by atoms with van der Waals surface area (Å²) < 4.78 is 2.00. The fourth-order valence-electron chi connectivity index (χ4n) is 2.01. The Morgan fingerprint density at radius 3 is 2.71 bits per heavy atom. The van der Waals surface area contributed by atoms with Gasteiger partial charge in [0.2, 0.25) is 0 Å². The molecule has 78 valence electrons. The molecule has 3 heteroatoms. The number of aryl methyl sites for hydroxylation is 1. The van der Waals surface area contributed by atoms with Gasteiger partial charge >= 0.3 is 0 Å². The molecule has 0 saturated carbocycles. The van der Waals surface area contributed by atoms with E-state index >= 15 is 0 Å². The van der Waals surface area contributed by atoms with Crippen molar-refractivity contribution in [3.63, 3.8) is 0 Å². The van der Waals surface area contributed by atoms with Crippen LogP contribution in [0.25, 0.3) is 0 Å². The summed E-state index contributed by atoms with van der Waals surface area (Å²) in [7, 11) is 0. The van der Waals surface area contributed by atoms with Gasteiger partial charge in [-0.1, -0.05) is 6.42 Å². The van der Waals surface area contributed by atoms with Crippen LogP contribution in [-0.4, -0.2) is 27.8 Å². The van der Waals surface area contributed by atoms with Crippen molar-refractivity contribution in [3.05, 3.63) is 18.0 Å². The lowest BCUT2D eigenvalue weighted by atomic mass is 10.1. The number of likely N-dealkylation sites (tertiary alicyclic amines) is 1. The van der Waals surface area contributed by atoms with E-state index < -0.39 is 0 Å². The summed E-state index contributed by atoms with van der Waals surface area (Å²) in [4.78, 5) is 2.51. The maximum absolute atomic E-state index is 4.50. The predicted octanol–water partition coefficient (Wildman–Crippen LogP) is 1.89. The molecule has 1 saturated heterocycles. The lowest BCUT2D eigenvalue weighted by molar-refractivity contribution is 0.218. The van der Waals surface area contributed by atoms with Crippen molar-refractivity contribution >= 4 is 0 Å². The molecule has 0 amide bonds. The van der Waals surface area contributed by atoms with Crippen LogP contribution in [0.15, 0.2) is 12.3 Å². The first kappa shape index (κ1) is 9.71. The summed E-state index contributed by atoms with van der Waals surface area (Å²) in [6.07, 6.45) is 6.18. The Kier molecular flexibility index (Phi) is 3.19. The highest BCUT2D eigenvalue weighted by Crippen LogP contribution is 2.11. The summed E-state index contributed by atoms with van der Waals surface area (Å²) in [6.45, 7) is 6.63. The molecule has 0 aromatic carbocycles. The Morgan fingerprint density at radius 1 is 1.29 bits per heavy atom. The smallest absolute Gasteiger partial charge is 0.0764 e. The standard InChI is InChI=1S/C11H19N3/c1-2-14-9-6-11(12-14)10-13-7-4-3-5-8-13/h6,9H,2-5,7-8,10H2,1H3. The number of aromatic nitrogens is 2. The SMILES string of the molecule is CCn1ccc(CN2CCCCC2)n1. The quantitative estimate of drug-likeness (QED) is 0.731. The van der Waals surface area contributed by atoms with E-state index in [1.807, 2.05) is 4.68 Å². The zero-order valence-corrected chi connectivity index (χ0v) is 8.95. The van der Waals surface area contributed by atoms with Crippen LogP contribution in [-0.2, 0) is 13.1 Å². The van der Waals surface area contributed by atoms with Crippen molar-refractivity contribution in [2.24, 2.45) is 0 Å². The largest absolute Gasteiger partial charge is 0.297 e. The van der Waals surface area contributed by atoms with E-state index in [1.165, 1.54) is 38.0 Å². The van der Waals surface area contributed by atoms with Crippen molar-refractivity contribution in [1.82, 2.24) is 14.7 Å². The fraction of sp³-hybridized carbons (Fsp3) is 0.727. The van der Waals surface area contributed by atoms with E-state index in [4.69, 9.17) is 0 Å². The molecule has 0 N–H and O–H groups in total. The number of hydrogen-bond acceptors (Lipinski definition) is 2. The lowest BCUT2D eigenvalue weighted by Gasteiger charge is -2.25. The Bertz CT molecular complexity index is 274. The van der Waals surface area contributed by atoms with Crippen molar-refractivity contribution in [2.75, 3.05) is 13.1 Å². The van der Waals surface area contributed by atoms with Gasteiger partial charge in [-0.2, -0.15) is 5.10 Å². The summed E-state index contributed by atoms with van der Waals surface area (Å²) in [6, 6.07) is 2.14. The first-order valence-electron chi connectivity index (χ1n) is 5.63. The minimum Gasteiger partial charge on any atom is -0.297 e. The molecule has 3 nitrogen and oxygen atoms in total. The van der Waals surface area contributed by atoms with Crippen molar-refractivity contribution in [3.8, 4) is 0 Å². The van der Waals surface area contributed by atoms with Crippen LogP contribution in [0.5, 0.6) is 0 Å². The molecule has 14 heavy (non-hydrogen) atoms. The zero-order chi connectivity index (χ0) is 9.80. The molecule has 2 rings (SSSR count). The summed E-state index contributed by atoms with van der Waals surface area (Å²) in [5.41, 5.74) is 1.22. The molecule has 2 heterocycles. The number of rotatable bonds is 3. The van der Waals surface area contributed by atoms with Gasteiger partial charge in [-0.25, -0.2) is 0 Å². The van der Waals surface area contributed by atoms with Crippen LogP contribution in [0.1, 0.15) is 31.9 Å². The van der Waals surface area contributed by atoms with Gasteiger partial charge in [0, 0.05) is 19.3 Å². The van der Waals surface area contributed by atoms with E-state index in [-0.39, 0.29) is 0 Å². The van der Waals surface area contributed by atoms with Gasteiger partial charge < -0.3 is 0 Å². The lowest BCUT2D eigenvalue weighted by Crippen LogP contribution is -2.29. The van der Waals surface area contributed by atoms with Gasteiger partial charge in [0.05, 0.1) is 5.69 Å². The van der Waals surface area contributed by atoms with Crippen LogP contribution in [0.3, 0.4) is 0 Å². The number of hydrogen-bond donors (Lipinski definition) is 0. The first-order valence-corrected chi connectivity index (χ1v) is 5.63. The molecule has 1 aromatic heterocycles. The van der Waals surface area contributed by atoms with Crippen molar-refractivity contribution in [2.45, 2.75) is 39.3 Å². The van der Waals surface area contributed by atoms with Crippen molar-refractivity contribution in [1.29, 1.82) is 0 Å². The molecular formula is C11H19N3. The Hall–Kier alpha value is -0.830. The highest BCUT2D eigenvalue weighted by Gasteiger charge is 2.11. The maximum atomic E-state index is 4.50. The fourth-order valence-corrected chi connectivity index (χ4v) is 2.01. The van der Waals surface area contributed by atoms with Gasteiger partial charge in [0.15, 0.2) is 0 Å². The molecule has 0 bridgehead atoms. The Balaban J connectivity index is 1.89. The molecule has 1 fully saturated rings. The minimum atomic E-state index is 0.972. The molecule has 1 aromatic rings. The molecule has 0 radical (unpaired) electrons. The van der Waals surface area contributed by atoms with Gasteiger partial charge in [-0.05, 0) is 38.9 Å². The molecule has 0 spiro atoms. The number of nitrogens with zero attached hydrogens (tertiary/aromatic N) is 3. The average molecular weight is 193 g/mol. The van der Waals surface area contributed by atoms with Crippen LogP contribution in [0.2, 0.25) is 0 Å². The Labute approximate surface area is 85.7 Å². The number of piperidine rings is 1. The van der Waals surface area contributed by atoms with E-state index in [1.54, 1.807) is 0 Å². The highest BCUT2D eigenvalue weighted by molar-refractivity contribution is 4.98. The predicted molar refractivity (Wildman–Crippen MR) is 57.0 cm³/mol. The molecule has 0 atom stereocenters. The second-order valence-electron chi connectivity index (χ2n) is 4.00. The second-order valence-corrected chi connectivity index (χ2v) is 4.00.